The molecule has 0 atom stereocenters. The molecule has 0 unspecified atom stereocenters. The minimum atomic E-state index is -2.72. The normalized spacial score (nSPS) is 14.0. The van der Waals surface area contributed by atoms with E-state index in [1.54, 1.807) is 29.7 Å². The summed E-state index contributed by atoms with van der Waals surface area (Å²) in [5.74, 6) is 0.259. The van der Waals surface area contributed by atoms with Crippen molar-refractivity contribution in [3.63, 3.8) is 0 Å². The summed E-state index contributed by atoms with van der Waals surface area (Å²) in [6.07, 6.45) is 0. The number of nitrogens with one attached hydrogen (secondary N) is 3. The summed E-state index contributed by atoms with van der Waals surface area (Å²) in [4.78, 5) is 33.1. The van der Waals surface area contributed by atoms with Gasteiger partial charge in [0.2, 0.25) is 5.91 Å². The molecule has 12 nitrogen and oxygen atoms in total. The number of fused-ring (bicyclic) bond motifs is 3. The first-order valence-electron chi connectivity index (χ1n) is 11.6. The average molecular weight is 454 g/mol. The predicted molar refractivity (Wildman–Crippen MR) is 124 cm³/mol. The summed E-state index contributed by atoms with van der Waals surface area (Å²) in [6, 6.07) is 6.95. The van der Waals surface area contributed by atoms with Gasteiger partial charge in [-0.3, -0.25) is 9.59 Å². The largest absolute Gasteiger partial charge is 0.364 e. The number of amides is 2. The van der Waals surface area contributed by atoms with Crippen molar-refractivity contribution >= 4 is 34.7 Å². The number of benzene rings is 1. The molecule has 2 amide bonds. The van der Waals surface area contributed by atoms with Crippen molar-refractivity contribution in [1.29, 1.82) is 0 Å². The van der Waals surface area contributed by atoms with E-state index in [-0.39, 0.29) is 29.7 Å². The molecule has 2 aromatic heterocycles. The highest BCUT2D eigenvalue weighted by atomic mass is 16.2. The smallest absolute Gasteiger partial charge is 0.273 e. The molecule has 0 aliphatic carbocycles. The summed E-state index contributed by atoms with van der Waals surface area (Å²) in [7, 11) is 5.40. The molecule has 0 saturated heterocycles. The maximum atomic E-state index is 12.7. The molecule has 0 fully saturated rings. The van der Waals surface area contributed by atoms with Crippen LogP contribution in [0.1, 0.15) is 26.2 Å². The van der Waals surface area contributed by atoms with Gasteiger partial charge in [0.1, 0.15) is 5.82 Å². The van der Waals surface area contributed by atoms with E-state index in [9.17, 15) is 9.59 Å². The summed E-state index contributed by atoms with van der Waals surface area (Å²) in [6.45, 7) is -0.290. The van der Waals surface area contributed by atoms with Crippen molar-refractivity contribution in [2.45, 2.75) is 13.5 Å². The van der Waals surface area contributed by atoms with Crippen LogP contribution in [0.2, 0.25) is 0 Å². The second-order valence-electron chi connectivity index (χ2n) is 7.87. The highest BCUT2D eigenvalue weighted by Gasteiger charge is 2.26. The molecular weight excluding hydrogens is 424 g/mol. The van der Waals surface area contributed by atoms with Gasteiger partial charge in [0, 0.05) is 24.2 Å². The molecule has 1 aromatic carbocycles. The summed E-state index contributed by atoms with van der Waals surface area (Å²) < 4.78 is 23.9. The number of anilines is 4. The lowest BCUT2D eigenvalue weighted by Gasteiger charge is -2.29. The summed E-state index contributed by atoms with van der Waals surface area (Å²) in [5.41, 5.74) is 2.08. The molecular formula is C21H26N10O2. The lowest BCUT2D eigenvalue weighted by atomic mass is 10.1. The Morgan fingerprint density at radius 3 is 2.82 bits per heavy atom. The van der Waals surface area contributed by atoms with Crippen molar-refractivity contribution in [2.75, 3.05) is 50.2 Å². The second kappa shape index (κ2) is 8.82. The monoisotopic (exact) mass is 453 g/mol. The van der Waals surface area contributed by atoms with E-state index in [0.29, 0.717) is 18.1 Å². The highest BCUT2D eigenvalue weighted by molar-refractivity contribution is 6.00. The third kappa shape index (κ3) is 4.46. The molecule has 1 aliphatic rings. The van der Waals surface area contributed by atoms with E-state index in [0.717, 1.165) is 17.2 Å². The first kappa shape index (κ1) is 18.5. The molecule has 3 aromatic rings. The van der Waals surface area contributed by atoms with Gasteiger partial charge in [0.15, 0.2) is 17.3 Å². The second-order valence-corrected chi connectivity index (χ2v) is 7.87. The molecule has 1 aliphatic heterocycles. The highest BCUT2D eigenvalue weighted by Crippen LogP contribution is 2.38. The lowest BCUT2D eigenvalue weighted by Crippen LogP contribution is -2.28. The number of rotatable bonds is 6. The molecule has 172 valence electrons. The van der Waals surface area contributed by atoms with E-state index in [1.165, 1.54) is 6.07 Å². The van der Waals surface area contributed by atoms with E-state index < -0.39 is 12.9 Å². The number of carbonyl (C=O) groups excluding carboxylic acids is 2. The number of para-hydroxylation sites is 1. The third-order valence-electron chi connectivity index (χ3n) is 4.90. The average Bonchev–Trinajstić information content (AvgIpc) is 3.12. The van der Waals surface area contributed by atoms with Gasteiger partial charge in [-0.05, 0) is 33.2 Å². The van der Waals surface area contributed by atoms with E-state index in [4.69, 9.17) is 4.11 Å². The minimum Gasteiger partial charge on any atom is -0.364 e. The van der Waals surface area contributed by atoms with Crippen LogP contribution >= 0.6 is 0 Å². The SMILES string of the molecule is [2H]C([2H])([2H])NC(=O)c1nnc(NC(=O)CN(C)C)cc1Nc1cccc2c1N(C)Cc1nc(C)nn1-2. The van der Waals surface area contributed by atoms with Crippen LogP contribution in [-0.4, -0.2) is 76.3 Å². The minimum absolute atomic E-state index is 0.0992. The maximum absolute atomic E-state index is 12.7. The molecule has 4 rings (SSSR count). The Morgan fingerprint density at radius 2 is 2.06 bits per heavy atom. The first-order chi connectivity index (χ1) is 16.9. The fourth-order valence-electron chi connectivity index (χ4n) is 3.64. The summed E-state index contributed by atoms with van der Waals surface area (Å²) >= 11 is 0. The van der Waals surface area contributed by atoms with Gasteiger partial charge in [-0.25, -0.2) is 9.67 Å². The van der Waals surface area contributed by atoms with Gasteiger partial charge >= 0.3 is 0 Å². The number of carbonyl (C=O) groups is 2. The fraction of sp³-hybridized carbons (Fsp3) is 0.333. The van der Waals surface area contributed by atoms with Gasteiger partial charge in [-0.2, -0.15) is 5.10 Å². The molecule has 3 N–H and O–H groups in total. The van der Waals surface area contributed by atoms with E-state index in [2.05, 4.69) is 30.9 Å². The van der Waals surface area contributed by atoms with E-state index in [1.807, 2.05) is 36.3 Å². The Labute approximate surface area is 195 Å². The molecule has 12 heteroatoms. The van der Waals surface area contributed by atoms with Crippen LogP contribution in [-0.2, 0) is 11.3 Å². The Hall–Kier alpha value is -4.06. The number of aryl methyl sites for hydroxylation is 1. The van der Waals surface area contributed by atoms with Crippen molar-refractivity contribution in [1.82, 2.24) is 35.2 Å². The molecule has 0 radical (unpaired) electrons. The van der Waals surface area contributed by atoms with Gasteiger partial charge < -0.3 is 25.8 Å². The third-order valence-corrected chi connectivity index (χ3v) is 4.90. The van der Waals surface area contributed by atoms with Crippen molar-refractivity contribution < 1.29 is 13.7 Å². The molecule has 33 heavy (non-hydrogen) atoms. The van der Waals surface area contributed by atoms with E-state index >= 15 is 0 Å². The lowest BCUT2D eigenvalue weighted by molar-refractivity contribution is -0.116. The van der Waals surface area contributed by atoms with Crippen LogP contribution in [0, 0.1) is 6.92 Å². The zero-order valence-corrected chi connectivity index (χ0v) is 18.7. The Balaban J connectivity index is 1.75. The fourth-order valence-corrected chi connectivity index (χ4v) is 3.64. The molecule has 0 spiro atoms. The quantitative estimate of drug-likeness (QED) is 0.498. The number of nitrogens with zero attached hydrogens (tertiary/aromatic N) is 7. The molecule has 0 saturated carbocycles. The van der Waals surface area contributed by atoms with Crippen molar-refractivity contribution in [3.8, 4) is 5.69 Å². The maximum Gasteiger partial charge on any atom is 0.273 e. The standard InChI is InChI=1S/C21H26N10O2/c1-12-23-17-10-30(5)20-13(7-6-8-15(20)31(17)28-12)24-14-9-16(25-18(32)11-29(3)4)26-27-19(14)21(33)22-2/h6-9H,10-11H2,1-5H3,(H,22,33)(H2,24,25,26,32)/i2D3. The topological polar surface area (TPSA) is 133 Å². The predicted octanol–water partition coefficient (Wildman–Crippen LogP) is 0.919. The van der Waals surface area contributed by atoms with Gasteiger partial charge in [0.05, 0.1) is 35.8 Å². The Bertz CT molecular complexity index is 1320. The Morgan fingerprint density at radius 1 is 1.24 bits per heavy atom. The zero-order valence-electron chi connectivity index (χ0n) is 21.7. The number of likely N-dealkylation sites (N-methyl/N-ethyl adjacent to an activating group) is 1. The number of hydrogen-bond donors (Lipinski definition) is 3. The Kier molecular flexibility index (Phi) is 4.95. The van der Waals surface area contributed by atoms with Crippen LogP contribution in [0.4, 0.5) is 22.9 Å². The van der Waals surface area contributed by atoms with Crippen LogP contribution in [0.15, 0.2) is 24.3 Å². The van der Waals surface area contributed by atoms with Crippen LogP contribution in [0.5, 0.6) is 0 Å². The summed E-state index contributed by atoms with van der Waals surface area (Å²) in [5, 5.41) is 20.0. The van der Waals surface area contributed by atoms with Crippen molar-refractivity contribution in [3.05, 3.63) is 41.6 Å². The first-order valence-corrected chi connectivity index (χ1v) is 10.1. The van der Waals surface area contributed by atoms with Crippen LogP contribution in [0.25, 0.3) is 5.69 Å². The number of hydrogen-bond acceptors (Lipinski definition) is 9. The molecule has 0 bridgehead atoms. The van der Waals surface area contributed by atoms with Crippen molar-refractivity contribution in [2.24, 2.45) is 0 Å². The number of aromatic nitrogens is 5. The van der Waals surface area contributed by atoms with Gasteiger partial charge in [-0.1, -0.05) is 6.07 Å². The van der Waals surface area contributed by atoms with Gasteiger partial charge in [-0.15, -0.1) is 10.2 Å². The van der Waals surface area contributed by atoms with Gasteiger partial charge in [0.25, 0.3) is 5.91 Å². The molecule has 3 heterocycles. The zero-order chi connectivity index (χ0) is 26.2. The van der Waals surface area contributed by atoms with Crippen LogP contribution < -0.4 is 20.9 Å². The van der Waals surface area contributed by atoms with Crippen LogP contribution in [0.3, 0.4) is 0 Å².